The number of likely N-dealkylation sites (tertiary alicyclic amines) is 1. The first-order chi connectivity index (χ1) is 21.6. The second-order valence-corrected chi connectivity index (χ2v) is 13.8. The number of anilines is 2. The van der Waals surface area contributed by atoms with Crippen LogP contribution in [0.1, 0.15) is 58.4 Å². The number of halogens is 2. The van der Waals surface area contributed by atoms with E-state index in [0.29, 0.717) is 34.5 Å². The zero-order valence-electron chi connectivity index (χ0n) is 25.6. The van der Waals surface area contributed by atoms with Crippen molar-refractivity contribution in [2.45, 2.75) is 38.5 Å². The van der Waals surface area contributed by atoms with E-state index in [-0.39, 0.29) is 22.6 Å². The summed E-state index contributed by atoms with van der Waals surface area (Å²) in [5.74, 6) is 0.377. The van der Waals surface area contributed by atoms with E-state index in [9.17, 15) is 9.59 Å². The van der Waals surface area contributed by atoms with Gasteiger partial charge in [-0.05, 0) is 67.6 Å². The van der Waals surface area contributed by atoms with E-state index in [0.717, 1.165) is 62.5 Å². The maximum atomic E-state index is 13.7. The second kappa shape index (κ2) is 11.2. The van der Waals surface area contributed by atoms with Crippen LogP contribution in [0.3, 0.4) is 0 Å². The van der Waals surface area contributed by atoms with Crippen molar-refractivity contribution in [3.63, 3.8) is 0 Å². The Bertz CT molecular complexity index is 1830. The predicted octanol–water partition coefficient (Wildman–Crippen LogP) is 5.44. The van der Waals surface area contributed by atoms with Crippen molar-refractivity contribution in [2.24, 2.45) is 5.41 Å². The number of carbonyl (C=O) groups is 2. The Hall–Kier alpha value is -3.89. The van der Waals surface area contributed by atoms with Crippen LogP contribution in [0.2, 0.25) is 10.0 Å². The highest BCUT2D eigenvalue weighted by atomic mass is 35.5. The van der Waals surface area contributed by atoms with E-state index >= 15 is 0 Å². The molecule has 1 aromatic carbocycles. The lowest BCUT2D eigenvalue weighted by Crippen LogP contribution is -2.34. The number of pyridine rings is 2. The van der Waals surface area contributed by atoms with Gasteiger partial charge in [0.1, 0.15) is 5.82 Å². The Morgan fingerprint density at radius 1 is 0.911 bits per heavy atom. The normalized spacial score (nSPS) is 23.1. The van der Waals surface area contributed by atoms with E-state index in [1.807, 2.05) is 42.3 Å². The molecule has 234 valence electrons. The summed E-state index contributed by atoms with van der Waals surface area (Å²) in [7, 11) is 1.35. The third-order valence-electron chi connectivity index (χ3n) is 9.87. The number of benzene rings is 1. The van der Waals surface area contributed by atoms with E-state index < -0.39 is 5.97 Å². The molecule has 45 heavy (non-hydrogen) atoms. The number of nitrogens with zero attached hydrogens (tertiary/aromatic N) is 7. The van der Waals surface area contributed by atoms with Gasteiger partial charge in [0.15, 0.2) is 11.3 Å². The van der Waals surface area contributed by atoms with Crippen molar-refractivity contribution in [3.05, 3.63) is 81.4 Å². The summed E-state index contributed by atoms with van der Waals surface area (Å²) in [6.45, 7) is 8.86. The highest BCUT2D eigenvalue weighted by Crippen LogP contribution is 2.42. The van der Waals surface area contributed by atoms with Gasteiger partial charge in [0.05, 0.1) is 29.0 Å². The molecule has 3 aromatic heterocycles. The monoisotopic (exact) mass is 647 g/mol. The molecule has 12 heteroatoms. The van der Waals surface area contributed by atoms with Crippen molar-refractivity contribution in [3.8, 4) is 0 Å². The molecule has 10 nitrogen and oxygen atoms in total. The number of esters is 1. The number of ether oxygens (including phenoxy) is 1. The van der Waals surface area contributed by atoms with Crippen molar-refractivity contribution < 1.29 is 14.3 Å². The number of fused-ring (bicyclic) bond motifs is 1. The van der Waals surface area contributed by atoms with Gasteiger partial charge in [0, 0.05) is 50.1 Å². The molecule has 3 fully saturated rings. The fourth-order valence-electron chi connectivity index (χ4n) is 7.21. The predicted molar refractivity (Wildman–Crippen MR) is 174 cm³/mol. The Kier molecular flexibility index (Phi) is 7.40. The summed E-state index contributed by atoms with van der Waals surface area (Å²) in [4.78, 5) is 41.3. The number of aromatic nitrogens is 4. The van der Waals surface area contributed by atoms with Gasteiger partial charge in [0.2, 0.25) is 5.82 Å². The first kappa shape index (κ1) is 29.8. The molecule has 0 N–H and O–H groups in total. The molecule has 0 saturated carbocycles. The third-order valence-corrected chi connectivity index (χ3v) is 10.6. The number of methoxy groups -OCH3 is 1. The van der Waals surface area contributed by atoms with E-state index in [1.54, 1.807) is 10.6 Å². The summed E-state index contributed by atoms with van der Waals surface area (Å²) in [6, 6.07) is 13.4. The molecule has 2 atom stereocenters. The lowest BCUT2D eigenvalue weighted by atomic mass is 9.82. The van der Waals surface area contributed by atoms with Crippen LogP contribution in [0.25, 0.3) is 5.65 Å². The Balaban J connectivity index is 1.05. The number of rotatable bonds is 5. The molecule has 3 aliphatic rings. The fourth-order valence-corrected chi connectivity index (χ4v) is 7.51. The Morgan fingerprint density at radius 2 is 1.71 bits per heavy atom. The molecule has 0 unspecified atom stereocenters. The highest BCUT2D eigenvalue weighted by Gasteiger charge is 2.46. The number of hydrogen-bond acceptors (Lipinski definition) is 8. The summed E-state index contributed by atoms with van der Waals surface area (Å²) >= 11 is 12.5. The van der Waals surface area contributed by atoms with Crippen LogP contribution in [0.15, 0.2) is 48.7 Å². The minimum Gasteiger partial charge on any atom is -0.464 e. The second-order valence-electron chi connectivity index (χ2n) is 13.0. The lowest BCUT2D eigenvalue weighted by molar-refractivity contribution is 0.0593. The Morgan fingerprint density at radius 3 is 2.51 bits per heavy atom. The standard InChI is InChI=1S/C33H35Cl2N7O3/c1-21-15-23(39-12-9-32(2,18-39)22-7-8-24(34)25(35)16-22)17-42-29(21)37-28(38-42)30(43)41-14-11-33(20-41)10-13-40(19-33)27-6-4-5-26(36-27)31(44)45-3/h4-8,15-17H,9-14,18-20H2,1-3H3/t32-,33+/m0/s1. The highest BCUT2D eigenvalue weighted by molar-refractivity contribution is 6.42. The molecular formula is C33H35Cl2N7O3. The Labute approximate surface area is 271 Å². The van der Waals surface area contributed by atoms with E-state index in [1.165, 1.54) is 12.7 Å². The van der Waals surface area contributed by atoms with Crippen LogP contribution in [-0.2, 0) is 10.2 Å². The molecule has 6 heterocycles. The van der Waals surface area contributed by atoms with Gasteiger partial charge in [-0.1, -0.05) is 42.3 Å². The molecule has 4 aromatic rings. The average molecular weight is 649 g/mol. The van der Waals surface area contributed by atoms with Gasteiger partial charge in [-0.2, -0.15) is 0 Å². The van der Waals surface area contributed by atoms with Crippen LogP contribution in [0.5, 0.6) is 0 Å². The number of aryl methyl sites for hydroxylation is 1. The van der Waals surface area contributed by atoms with Gasteiger partial charge in [0.25, 0.3) is 5.91 Å². The molecule has 0 bridgehead atoms. The molecule has 0 radical (unpaired) electrons. The molecular weight excluding hydrogens is 613 g/mol. The van der Waals surface area contributed by atoms with Crippen LogP contribution < -0.4 is 9.80 Å². The number of carbonyl (C=O) groups excluding carboxylic acids is 2. The summed E-state index contributed by atoms with van der Waals surface area (Å²) in [5, 5.41) is 5.80. The van der Waals surface area contributed by atoms with Gasteiger partial charge in [-0.15, -0.1) is 5.10 Å². The minimum absolute atomic E-state index is 0.0302. The first-order valence-electron chi connectivity index (χ1n) is 15.2. The van der Waals surface area contributed by atoms with Gasteiger partial charge >= 0.3 is 5.97 Å². The molecule has 1 spiro atoms. The summed E-state index contributed by atoms with van der Waals surface area (Å²) in [6.07, 6.45) is 4.79. The fraction of sp³-hybridized carbons (Fsp3) is 0.424. The number of amides is 1. The van der Waals surface area contributed by atoms with E-state index in [4.69, 9.17) is 27.9 Å². The first-order valence-corrected chi connectivity index (χ1v) is 16.0. The van der Waals surface area contributed by atoms with Crippen LogP contribution in [0.4, 0.5) is 11.5 Å². The molecule has 3 aliphatic heterocycles. The van der Waals surface area contributed by atoms with Gasteiger partial charge < -0.3 is 19.4 Å². The van der Waals surface area contributed by atoms with Crippen LogP contribution in [0, 0.1) is 12.3 Å². The van der Waals surface area contributed by atoms with Crippen LogP contribution >= 0.6 is 23.2 Å². The minimum atomic E-state index is -0.451. The molecule has 0 aliphatic carbocycles. The van der Waals surface area contributed by atoms with E-state index in [2.05, 4.69) is 43.9 Å². The van der Waals surface area contributed by atoms with Crippen LogP contribution in [-0.4, -0.2) is 82.7 Å². The molecule has 1 amide bonds. The van der Waals surface area contributed by atoms with Gasteiger partial charge in [-0.3, -0.25) is 4.79 Å². The van der Waals surface area contributed by atoms with Crippen molar-refractivity contribution in [1.29, 1.82) is 0 Å². The maximum Gasteiger partial charge on any atom is 0.356 e. The molecule has 3 saturated heterocycles. The molecule has 7 rings (SSSR count). The average Bonchev–Trinajstić information content (AvgIpc) is 3.85. The van der Waals surface area contributed by atoms with Crippen molar-refractivity contribution >= 4 is 52.2 Å². The lowest BCUT2D eigenvalue weighted by Gasteiger charge is -2.26. The van der Waals surface area contributed by atoms with Crippen molar-refractivity contribution in [1.82, 2.24) is 24.5 Å². The summed E-state index contributed by atoms with van der Waals surface area (Å²) in [5.41, 5.74) is 4.06. The third kappa shape index (κ3) is 5.37. The number of hydrogen-bond donors (Lipinski definition) is 0. The summed E-state index contributed by atoms with van der Waals surface area (Å²) < 4.78 is 6.58. The van der Waals surface area contributed by atoms with Gasteiger partial charge in [-0.25, -0.2) is 19.3 Å². The SMILES string of the molecule is COC(=O)c1cccc(N2CC[C@@]3(CCN(C(=O)c4nc5c(C)cc(N6CC[C@](C)(c7ccc(Cl)c(Cl)c7)C6)cn5n4)C3)C2)n1. The zero-order valence-corrected chi connectivity index (χ0v) is 27.1. The zero-order chi connectivity index (χ0) is 31.5. The smallest absolute Gasteiger partial charge is 0.356 e. The quantitative estimate of drug-likeness (QED) is 0.264. The maximum absolute atomic E-state index is 13.7. The van der Waals surface area contributed by atoms with Crippen molar-refractivity contribution in [2.75, 3.05) is 56.2 Å². The topological polar surface area (TPSA) is 96.2 Å². The largest absolute Gasteiger partial charge is 0.464 e.